The number of aliphatic imine (C=N–C) groups is 1. The number of ether oxygens (including phenoxy) is 1. The minimum absolute atomic E-state index is 0.0197. The van der Waals surface area contributed by atoms with Gasteiger partial charge in [0.2, 0.25) is 0 Å². The Morgan fingerprint density at radius 3 is 2.96 bits per heavy atom. The standard InChI is InChI=1S/C20H32N4O2/c1-16(24-10-7-17-5-3-4-6-18(17)24)13-22-19(21-2)23-14-20(8-11-25)9-12-26-15-20/h3-6,16,25H,7-15H2,1-2H3,(H2,21,22,23). The van der Waals surface area contributed by atoms with E-state index in [-0.39, 0.29) is 12.0 Å². The van der Waals surface area contributed by atoms with Crippen LogP contribution in [0.3, 0.4) is 0 Å². The molecule has 144 valence electrons. The summed E-state index contributed by atoms with van der Waals surface area (Å²) in [5, 5.41) is 16.2. The molecular formula is C20H32N4O2. The summed E-state index contributed by atoms with van der Waals surface area (Å²) in [5.41, 5.74) is 2.81. The second-order valence-corrected chi connectivity index (χ2v) is 7.50. The second kappa shape index (κ2) is 8.73. The van der Waals surface area contributed by atoms with Crippen LogP contribution in [0.1, 0.15) is 25.3 Å². The molecule has 2 heterocycles. The molecule has 3 rings (SSSR count). The molecule has 0 saturated carbocycles. The molecule has 0 aliphatic carbocycles. The van der Waals surface area contributed by atoms with Crippen LogP contribution in [0.4, 0.5) is 5.69 Å². The van der Waals surface area contributed by atoms with Crippen LogP contribution < -0.4 is 15.5 Å². The molecule has 6 heteroatoms. The van der Waals surface area contributed by atoms with Gasteiger partial charge in [-0.15, -0.1) is 0 Å². The minimum Gasteiger partial charge on any atom is -0.396 e. The van der Waals surface area contributed by atoms with Crippen LogP contribution in [-0.2, 0) is 11.2 Å². The number of fused-ring (bicyclic) bond motifs is 1. The maximum atomic E-state index is 9.36. The largest absolute Gasteiger partial charge is 0.396 e. The highest BCUT2D eigenvalue weighted by Crippen LogP contribution is 2.31. The van der Waals surface area contributed by atoms with E-state index in [1.165, 1.54) is 11.3 Å². The highest BCUT2D eigenvalue weighted by atomic mass is 16.5. The highest BCUT2D eigenvalue weighted by Gasteiger charge is 2.34. The number of nitrogens with one attached hydrogen (secondary N) is 2. The number of hydrogen-bond donors (Lipinski definition) is 3. The summed E-state index contributed by atoms with van der Waals surface area (Å²) in [6.07, 6.45) is 2.87. The number of hydrogen-bond acceptors (Lipinski definition) is 4. The molecule has 1 fully saturated rings. The van der Waals surface area contributed by atoms with Crippen molar-refractivity contribution in [1.29, 1.82) is 0 Å². The van der Waals surface area contributed by atoms with E-state index in [1.54, 1.807) is 7.05 Å². The zero-order valence-electron chi connectivity index (χ0n) is 16.0. The van der Waals surface area contributed by atoms with Gasteiger partial charge in [0, 0.05) is 57.0 Å². The fourth-order valence-corrected chi connectivity index (χ4v) is 3.98. The van der Waals surface area contributed by atoms with Crippen LogP contribution in [0.5, 0.6) is 0 Å². The van der Waals surface area contributed by atoms with Crippen LogP contribution >= 0.6 is 0 Å². The van der Waals surface area contributed by atoms with E-state index in [9.17, 15) is 5.11 Å². The quantitative estimate of drug-likeness (QED) is 0.506. The first-order valence-electron chi connectivity index (χ1n) is 9.65. The molecule has 0 radical (unpaired) electrons. The first-order chi connectivity index (χ1) is 12.7. The number of para-hydroxylation sites is 1. The molecule has 2 aliphatic heterocycles. The zero-order valence-corrected chi connectivity index (χ0v) is 16.0. The van der Waals surface area contributed by atoms with Gasteiger partial charge >= 0.3 is 0 Å². The second-order valence-electron chi connectivity index (χ2n) is 7.50. The van der Waals surface area contributed by atoms with Gasteiger partial charge in [-0.2, -0.15) is 0 Å². The predicted molar refractivity (Wildman–Crippen MR) is 106 cm³/mol. The number of anilines is 1. The van der Waals surface area contributed by atoms with Gasteiger partial charge in [0.15, 0.2) is 5.96 Å². The third kappa shape index (κ3) is 4.30. The first kappa shape index (κ1) is 19.0. The van der Waals surface area contributed by atoms with Gasteiger partial charge in [-0.05, 0) is 37.8 Å². The van der Waals surface area contributed by atoms with E-state index in [0.29, 0.717) is 12.6 Å². The van der Waals surface area contributed by atoms with Crippen molar-refractivity contribution in [3.05, 3.63) is 29.8 Å². The summed E-state index contributed by atoms with van der Waals surface area (Å²) in [5.74, 6) is 0.813. The van der Waals surface area contributed by atoms with Crippen molar-refractivity contribution >= 4 is 11.6 Å². The molecule has 3 N–H and O–H groups in total. The number of nitrogens with zero attached hydrogens (tertiary/aromatic N) is 2. The summed E-state index contributed by atoms with van der Waals surface area (Å²) in [6, 6.07) is 9.05. The summed E-state index contributed by atoms with van der Waals surface area (Å²) < 4.78 is 5.56. The van der Waals surface area contributed by atoms with Gasteiger partial charge in [0.25, 0.3) is 0 Å². The smallest absolute Gasteiger partial charge is 0.191 e. The van der Waals surface area contributed by atoms with E-state index in [2.05, 4.69) is 51.7 Å². The normalized spacial score (nSPS) is 23.8. The summed E-state index contributed by atoms with van der Waals surface area (Å²) in [7, 11) is 1.80. The number of aliphatic hydroxyl groups excluding tert-OH is 1. The molecule has 1 aromatic carbocycles. The Hall–Kier alpha value is -1.79. The van der Waals surface area contributed by atoms with Crippen molar-refractivity contribution in [2.75, 3.05) is 51.4 Å². The Morgan fingerprint density at radius 1 is 1.38 bits per heavy atom. The van der Waals surface area contributed by atoms with Crippen LogP contribution in [0.15, 0.2) is 29.3 Å². The van der Waals surface area contributed by atoms with Crippen LogP contribution in [0.25, 0.3) is 0 Å². The monoisotopic (exact) mass is 360 g/mol. The van der Waals surface area contributed by atoms with E-state index < -0.39 is 0 Å². The number of benzene rings is 1. The van der Waals surface area contributed by atoms with Gasteiger partial charge in [-0.3, -0.25) is 4.99 Å². The van der Waals surface area contributed by atoms with Crippen LogP contribution in [0, 0.1) is 5.41 Å². The molecule has 2 unspecified atom stereocenters. The van der Waals surface area contributed by atoms with Gasteiger partial charge in [0.1, 0.15) is 0 Å². The Balaban J connectivity index is 1.50. The molecule has 0 aromatic heterocycles. The molecule has 2 atom stereocenters. The third-order valence-electron chi connectivity index (χ3n) is 5.70. The number of aliphatic hydroxyl groups is 1. The summed E-state index contributed by atoms with van der Waals surface area (Å²) >= 11 is 0. The third-order valence-corrected chi connectivity index (χ3v) is 5.70. The van der Waals surface area contributed by atoms with Gasteiger partial charge in [-0.25, -0.2) is 0 Å². The molecule has 1 saturated heterocycles. The van der Waals surface area contributed by atoms with Crippen molar-refractivity contribution in [2.24, 2.45) is 10.4 Å². The fourth-order valence-electron chi connectivity index (χ4n) is 3.98. The zero-order chi connectivity index (χ0) is 18.4. The van der Waals surface area contributed by atoms with Gasteiger partial charge < -0.3 is 25.4 Å². The molecule has 1 aromatic rings. The van der Waals surface area contributed by atoms with E-state index in [1.807, 2.05) is 0 Å². The van der Waals surface area contributed by atoms with Crippen LogP contribution in [0.2, 0.25) is 0 Å². The van der Waals surface area contributed by atoms with Crippen LogP contribution in [-0.4, -0.2) is 63.6 Å². The van der Waals surface area contributed by atoms with E-state index in [0.717, 1.165) is 51.5 Å². The maximum absolute atomic E-state index is 9.36. The average molecular weight is 361 g/mol. The lowest BCUT2D eigenvalue weighted by atomic mass is 9.84. The summed E-state index contributed by atoms with van der Waals surface area (Å²) in [4.78, 5) is 6.82. The molecule has 0 spiro atoms. The topological polar surface area (TPSA) is 69.1 Å². The lowest BCUT2D eigenvalue weighted by Gasteiger charge is -2.30. The summed E-state index contributed by atoms with van der Waals surface area (Å²) in [6.45, 7) is 6.61. The van der Waals surface area contributed by atoms with Crippen molar-refractivity contribution in [1.82, 2.24) is 10.6 Å². The molecular weight excluding hydrogens is 328 g/mol. The van der Waals surface area contributed by atoms with Crippen molar-refractivity contribution in [3.63, 3.8) is 0 Å². The van der Waals surface area contributed by atoms with Gasteiger partial charge in [0.05, 0.1) is 6.61 Å². The number of guanidine groups is 1. The first-order valence-corrected chi connectivity index (χ1v) is 9.65. The van der Waals surface area contributed by atoms with Crippen molar-refractivity contribution < 1.29 is 9.84 Å². The molecule has 6 nitrogen and oxygen atoms in total. The number of rotatable bonds is 7. The Morgan fingerprint density at radius 2 is 2.23 bits per heavy atom. The average Bonchev–Trinajstić information content (AvgIpc) is 3.29. The van der Waals surface area contributed by atoms with Crippen molar-refractivity contribution in [2.45, 2.75) is 32.2 Å². The molecule has 0 amide bonds. The Bertz CT molecular complexity index is 614. The SMILES string of the molecule is CN=C(NCC(C)N1CCc2ccccc21)NCC1(CCO)CCOC1. The molecule has 26 heavy (non-hydrogen) atoms. The van der Waals surface area contributed by atoms with E-state index >= 15 is 0 Å². The maximum Gasteiger partial charge on any atom is 0.191 e. The fraction of sp³-hybridized carbons (Fsp3) is 0.650. The minimum atomic E-state index is 0.0197. The van der Waals surface area contributed by atoms with Crippen molar-refractivity contribution in [3.8, 4) is 0 Å². The Kier molecular flexibility index (Phi) is 6.38. The lowest BCUT2D eigenvalue weighted by molar-refractivity contribution is 0.127. The van der Waals surface area contributed by atoms with Gasteiger partial charge in [-0.1, -0.05) is 18.2 Å². The van der Waals surface area contributed by atoms with E-state index in [4.69, 9.17) is 4.74 Å². The molecule has 0 bridgehead atoms. The highest BCUT2D eigenvalue weighted by molar-refractivity contribution is 5.79. The molecule has 2 aliphatic rings. The predicted octanol–water partition coefficient (Wildman–Crippen LogP) is 1.39. The Labute approximate surface area is 156 Å². The lowest BCUT2D eigenvalue weighted by Crippen LogP contribution is -2.48.